The number of rotatable bonds is 10. The minimum absolute atomic E-state index is 0.00252. The van der Waals surface area contributed by atoms with Crippen LogP contribution in [0.15, 0.2) is 47.7 Å². The molecule has 3 aromatic rings. The third-order valence-corrected chi connectivity index (χ3v) is 5.28. The van der Waals surface area contributed by atoms with Crippen LogP contribution in [0.5, 0.6) is 0 Å². The molecule has 1 heterocycles. The molecule has 2 aromatic carbocycles. The predicted octanol–water partition coefficient (Wildman–Crippen LogP) is 5.26. The molecule has 12 heteroatoms. The lowest BCUT2D eigenvalue weighted by Gasteiger charge is -2.15. The van der Waals surface area contributed by atoms with Gasteiger partial charge in [0.15, 0.2) is 5.82 Å². The van der Waals surface area contributed by atoms with E-state index in [1.165, 1.54) is 42.7 Å². The van der Waals surface area contributed by atoms with E-state index in [0.717, 1.165) is 12.3 Å². The lowest BCUT2D eigenvalue weighted by Crippen LogP contribution is -2.18. The molecule has 3 rings (SSSR count). The predicted molar refractivity (Wildman–Crippen MR) is 137 cm³/mol. The third kappa shape index (κ3) is 6.72. The van der Waals surface area contributed by atoms with Gasteiger partial charge in [0, 0.05) is 36.1 Å². The van der Waals surface area contributed by atoms with E-state index < -0.39 is 17.5 Å². The molecule has 1 aromatic heterocycles. The highest BCUT2D eigenvalue weighted by atomic mass is 35.5. The number of nitrogens with one attached hydrogen (secondary N) is 5. The summed E-state index contributed by atoms with van der Waals surface area (Å²) < 4.78 is 28.9. The fourth-order valence-electron chi connectivity index (χ4n) is 3.07. The highest BCUT2D eigenvalue weighted by Crippen LogP contribution is 2.34. The van der Waals surface area contributed by atoms with Crippen molar-refractivity contribution in [3.05, 3.63) is 69.8 Å². The maximum absolute atomic E-state index is 15.1. The van der Waals surface area contributed by atoms with Gasteiger partial charge >= 0.3 is 0 Å². The van der Waals surface area contributed by atoms with Crippen LogP contribution in [-0.2, 0) is 0 Å². The first-order chi connectivity index (χ1) is 16.8. The Morgan fingerprint density at radius 2 is 1.91 bits per heavy atom. The van der Waals surface area contributed by atoms with Gasteiger partial charge in [-0.15, -0.1) is 0 Å². The lowest BCUT2D eigenvalue weighted by atomic mass is 10.0. The van der Waals surface area contributed by atoms with Crippen LogP contribution in [-0.4, -0.2) is 43.5 Å². The number of benzene rings is 2. The van der Waals surface area contributed by atoms with Crippen molar-refractivity contribution in [1.82, 2.24) is 10.3 Å². The summed E-state index contributed by atoms with van der Waals surface area (Å²) >= 11 is 12.5. The van der Waals surface area contributed by atoms with Gasteiger partial charge in [-0.1, -0.05) is 23.2 Å². The highest BCUT2D eigenvalue weighted by molar-refractivity contribution is 6.35. The summed E-state index contributed by atoms with van der Waals surface area (Å²) in [5.74, 6) is -1.64. The number of hydrazone groups is 1. The Bertz CT molecular complexity index is 1270. The molecule has 0 fully saturated rings. The van der Waals surface area contributed by atoms with E-state index in [2.05, 4.69) is 31.5 Å². The van der Waals surface area contributed by atoms with Gasteiger partial charge in [0.05, 0.1) is 33.7 Å². The molecule has 1 amide bonds. The number of pyridine rings is 1. The van der Waals surface area contributed by atoms with E-state index in [-0.39, 0.29) is 32.7 Å². The van der Waals surface area contributed by atoms with Crippen LogP contribution in [0.3, 0.4) is 0 Å². The molecule has 0 aliphatic carbocycles. The SMILES string of the molecule is CNCCNc1cc(F)ccc1-c1cc(Cl)c(C(=O)Nc2cnc(N/N=C\C=N)c(Cl)c2)cc1F. The van der Waals surface area contributed by atoms with Crippen LogP contribution in [0.25, 0.3) is 11.1 Å². The minimum atomic E-state index is -0.706. The zero-order chi connectivity index (χ0) is 25.4. The van der Waals surface area contributed by atoms with Crippen LogP contribution in [0.2, 0.25) is 10.0 Å². The molecule has 35 heavy (non-hydrogen) atoms. The standard InChI is InChI=1S/C23H21Cl2F2N7O/c1-29-6-7-30-21-8-13(26)2-3-15(21)16-10-18(24)17(11-20(16)27)23(35)33-14-9-19(25)22(31-12-14)34-32-5-4-28/h2-5,8-12,28-30H,6-7H2,1H3,(H,31,34)(H,33,35)/b28-4?,32-5-. The van der Waals surface area contributed by atoms with Gasteiger partial charge in [0.25, 0.3) is 5.91 Å². The average molecular weight is 520 g/mol. The van der Waals surface area contributed by atoms with Crippen LogP contribution in [0, 0.1) is 17.0 Å². The number of amides is 1. The molecule has 0 unspecified atom stereocenters. The largest absolute Gasteiger partial charge is 0.383 e. The maximum Gasteiger partial charge on any atom is 0.257 e. The number of aromatic nitrogens is 1. The number of nitrogens with zero attached hydrogens (tertiary/aromatic N) is 2. The smallest absolute Gasteiger partial charge is 0.257 e. The second-order valence-electron chi connectivity index (χ2n) is 7.10. The Hall–Kier alpha value is -3.60. The van der Waals surface area contributed by atoms with E-state index in [4.69, 9.17) is 28.6 Å². The molecule has 0 saturated carbocycles. The van der Waals surface area contributed by atoms with Crippen molar-refractivity contribution in [3.63, 3.8) is 0 Å². The summed E-state index contributed by atoms with van der Waals surface area (Å²) in [6, 6.07) is 7.70. The Labute approximate surface area is 210 Å². The Morgan fingerprint density at radius 1 is 1.11 bits per heavy atom. The van der Waals surface area contributed by atoms with E-state index in [0.29, 0.717) is 24.3 Å². The zero-order valence-electron chi connectivity index (χ0n) is 18.4. The monoisotopic (exact) mass is 519 g/mol. The summed E-state index contributed by atoms with van der Waals surface area (Å²) in [7, 11) is 1.78. The quantitative estimate of drug-likeness (QED) is 0.142. The van der Waals surface area contributed by atoms with Gasteiger partial charge in [-0.3, -0.25) is 10.2 Å². The van der Waals surface area contributed by atoms with Gasteiger partial charge in [-0.25, -0.2) is 13.8 Å². The molecule has 0 aliphatic heterocycles. The zero-order valence-corrected chi connectivity index (χ0v) is 19.9. The molecule has 0 spiro atoms. The van der Waals surface area contributed by atoms with Crippen molar-refractivity contribution in [2.24, 2.45) is 5.10 Å². The first-order valence-corrected chi connectivity index (χ1v) is 11.0. The van der Waals surface area contributed by atoms with Crippen LogP contribution in [0.1, 0.15) is 10.4 Å². The van der Waals surface area contributed by atoms with Crippen molar-refractivity contribution < 1.29 is 13.6 Å². The van der Waals surface area contributed by atoms with Gasteiger partial charge in [-0.2, -0.15) is 5.10 Å². The Kier molecular flexibility index (Phi) is 9.07. The van der Waals surface area contributed by atoms with Gasteiger partial charge in [0.1, 0.15) is 11.6 Å². The molecular weight excluding hydrogens is 499 g/mol. The van der Waals surface area contributed by atoms with E-state index in [9.17, 15) is 9.18 Å². The summed E-state index contributed by atoms with van der Waals surface area (Å²) in [5, 5.41) is 19.3. The van der Waals surface area contributed by atoms with Crippen LogP contribution < -0.4 is 21.4 Å². The molecule has 5 N–H and O–H groups in total. The fourth-order valence-corrected chi connectivity index (χ4v) is 3.53. The Balaban J connectivity index is 1.84. The number of likely N-dealkylation sites (N-methyl/N-ethyl adjacent to an activating group) is 1. The molecule has 0 bridgehead atoms. The Morgan fingerprint density at radius 3 is 2.63 bits per heavy atom. The second-order valence-corrected chi connectivity index (χ2v) is 7.91. The number of carbonyl (C=O) groups excluding carboxylic acids is 1. The number of hydrogen-bond acceptors (Lipinski definition) is 7. The van der Waals surface area contributed by atoms with Crippen molar-refractivity contribution >= 4 is 58.7 Å². The van der Waals surface area contributed by atoms with E-state index >= 15 is 4.39 Å². The van der Waals surface area contributed by atoms with Gasteiger partial charge in [0.2, 0.25) is 0 Å². The summed E-state index contributed by atoms with van der Waals surface area (Å²) in [5.41, 5.74) is 3.60. The lowest BCUT2D eigenvalue weighted by molar-refractivity contribution is 0.102. The molecule has 0 atom stereocenters. The normalized spacial score (nSPS) is 10.9. The van der Waals surface area contributed by atoms with Crippen LogP contribution >= 0.6 is 23.2 Å². The van der Waals surface area contributed by atoms with E-state index in [1.807, 2.05) is 0 Å². The number of carbonyl (C=O) groups is 1. The van der Waals surface area contributed by atoms with Crippen molar-refractivity contribution in [2.75, 3.05) is 36.2 Å². The highest BCUT2D eigenvalue weighted by Gasteiger charge is 2.19. The summed E-state index contributed by atoms with van der Waals surface area (Å²) in [6.07, 6.45) is 3.49. The van der Waals surface area contributed by atoms with Crippen molar-refractivity contribution in [3.8, 4) is 11.1 Å². The topological polar surface area (TPSA) is 114 Å². The van der Waals surface area contributed by atoms with Crippen molar-refractivity contribution in [1.29, 1.82) is 5.41 Å². The van der Waals surface area contributed by atoms with Gasteiger partial charge in [-0.05, 0) is 43.4 Å². The van der Waals surface area contributed by atoms with Crippen LogP contribution in [0.4, 0.5) is 26.0 Å². The molecule has 0 aliphatic rings. The number of halogens is 4. The molecule has 8 nitrogen and oxygen atoms in total. The summed E-state index contributed by atoms with van der Waals surface area (Å²) in [6.45, 7) is 1.11. The van der Waals surface area contributed by atoms with Gasteiger partial charge < -0.3 is 21.4 Å². The molecule has 0 saturated heterocycles. The second kappa shape index (κ2) is 12.2. The first kappa shape index (κ1) is 26.0. The number of anilines is 3. The fraction of sp³-hybridized carbons (Fsp3) is 0.130. The minimum Gasteiger partial charge on any atom is -0.383 e. The van der Waals surface area contributed by atoms with E-state index in [1.54, 1.807) is 7.05 Å². The molecule has 0 radical (unpaired) electrons. The molecule has 182 valence electrons. The average Bonchev–Trinajstić information content (AvgIpc) is 2.82. The number of hydrogen-bond donors (Lipinski definition) is 5. The first-order valence-electron chi connectivity index (χ1n) is 10.3. The van der Waals surface area contributed by atoms with Crippen molar-refractivity contribution in [2.45, 2.75) is 0 Å². The molecular formula is C23H21Cl2F2N7O. The third-order valence-electron chi connectivity index (χ3n) is 4.68. The summed E-state index contributed by atoms with van der Waals surface area (Å²) in [4.78, 5) is 16.8. The maximum atomic E-state index is 15.1.